The molecule has 3 aromatic rings. The van der Waals surface area contributed by atoms with Crippen LogP contribution in [0.15, 0.2) is 47.5 Å². The number of ether oxygens (including phenoxy) is 2. The number of aryl methyl sites for hydroxylation is 1. The average Bonchev–Trinajstić information content (AvgIpc) is 2.65. The summed E-state index contributed by atoms with van der Waals surface area (Å²) in [4.78, 5) is 17.1. The van der Waals surface area contributed by atoms with Crippen LogP contribution in [0.1, 0.15) is 15.9 Å². The predicted octanol–water partition coefficient (Wildman–Crippen LogP) is 4.94. The number of nitrogens with zero attached hydrogens (tertiary/aromatic N) is 1. The molecule has 0 bridgehead atoms. The van der Waals surface area contributed by atoms with Crippen molar-refractivity contribution in [3.63, 3.8) is 0 Å². The molecule has 4 rings (SSSR count). The molecule has 0 unspecified atom stereocenters. The molecule has 2 aromatic carbocycles. The van der Waals surface area contributed by atoms with E-state index in [4.69, 9.17) is 26.1 Å². The highest BCUT2D eigenvalue weighted by atomic mass is 35.5. The number of aromatic nitrogens is 1. The van der Waals surface area contributed by atoms with Crippen molar-refractivity contribution in [3.8, 4) is 11.5 Å². The van der Waals surface area contributed by atoms with Gasteiger partial charge in [0.15, 0.2) is 17.3 Å². The number of fused-ring (bicyclic) bond motifs is 2. The number of hydrogen-bond acceptors (Lipinski definition) is 5. The first-order valence-corrected chi connectivity index (χ1v) is 9.59. The topological polar surface area (TPSA) is 48.4 Å². The predicted molar refractivity (Wildman–Crippen MR) is 104 cm³/mol. The Morgan fingerprint density at radius 2 is 1.81 bits per heavy atom. The van der Waals surface area contributed by atoms with Gasteiger partial charge in [0, 0.05) is 22.0 Å². The molecular formula is C20H16ClNO3S. The van der Waals surface area contributed by atoms with Crippen LogP contribution in [0.3, 0.4) is 0 Å². The summed E-state index contributed by atoms with van der Waals surface area (Å²) in [5, 5.41) is 2.47. The van der Waals surface area contributed by atoms with Gasteiger partial charge in [-0.1, -0.05) is 23.4 Å². The van der Waals surface area contributed by atoms with Gasteiger partial charge >= 0.3 is 0 Å². The number of carbonyl (C=O) groups excluding carboxylic acids is 1. The van der Waals surface area contributed by atoms with Gasteiger partial charge in [0.1, 0.15) is 18.2 Å². The fraction of sp³-hybridized carbons (Fsp3) is 0.200. The van der Waals surface area contributed by atoms with E-state index in [1.807, 2.05) is 19.1 Å². The number of ketones is 1. The van der Waals surface area contributed by atoms with Gasteiger partial charge in [0.2, 0.25) is 0 Å². The van der Waals surface area contributed by atoms with E-state index in [1.165, 1.54) is 11.8 Å². The van der Waals surface area contributed by atoms with Crippen LogP contribution in [-0.2, 0) is 0 Å². The normalized spacial score (nSPS) is 13.0. The minimum absolute atomic E-state index is 0.0511. The Morgan fingerprint density at radius 3 is 2.54 bits per heavy atom. The minimum Gasteiger partial charge on any atom is -0.486 e. The van der Waals surface area contributed by atoms with E-state index < -0.39 is 0 Å². The van der Waals surface area contributed by atoms with E-state index in [1.54, 1.807) is 24.3 Å². The van der Waals surface area contributed by atoms with Gasteiger partial charge in [0.05, 0.1) is 11.3 Å². The van der Waals surface area contributed by atoms with E-state index in [0.717, 1.165) is 27.2 Å². The van der Waals surface area contributed by atoms with E-state index in [0.29, 0.717) is 35.3 Å². The van der Waals surface area contributed by atoms with Gasteiger partial charge in [-0.15, -0.1) is 0 Å². The molecule has 0 amide bonds. The number of thioether (sulfide) groups is 1. The van der Waals surface area contributed by atoms with Gasteiger partial charge in [-0.25, -0.2) is 4.98 Å². The van der Waals surface area contributed by atoms with Crippen molar-refractivity contribution in [2.75, 3.05) is 19.0 Å². The zero-order chi connectivity index (χ0) is 18.1. The molecule has 0 radical (unpaired) electrons. The van der Waals surface area contributed by atoms with Crippen LogP contribution in [0.5, 0.6) is 11.5 Å². The molecule has 0 atom stereocenters. The second-order valence-electron chi connectivity index (χ2n) is 6.02. The van der Waals surface area contributed by atoms with Crippen LogP contribution in [0, 0.1) is 6.92 Å². The highest BCUT2D eigenvalue weighted by Gasteiger charge is 2.15. The first-order valence-electron chi connectivity index (χ1n) is 8.23. The van der Waals surface area contributed by atoms with Crippen molar-refractivity contribution in [1.29, 1.82) is 0 Å². The van der Waals surface area contributed by atoms with E-state index >= 15 is 0 Å². The van der Waals surface area contributed by atoms with Crippen molar-refractivity contribution in [1.82, 2.24) is 4.98 Å². The lowest BCUT2D eigenvalue weighted by Crippen LogP contribution is -2.15. The SMILES string of the molecule is Cc1cc2cc3c(cc2nc1SCC(=O)c1ccc(Cl)cc1)OCCO3. The summed E-state index contributed by atoms with van der Waals surface area (Å²) in [7, 11) is 0. The van der Waals surface area contributed by atoms with Crippen LogP contribution in [-0.4, -0.2) is 29.7 Å². The van der Waals surface area contributed by atoms with Gasteiger partial charge in [0.25, 0.3) is 0 Å². The van der Waals surface area contributed by atoms with E-state index in [9.17, 15) is 4.79 Å². The number of pyridine rings is 1. The molecular weight excluding hydrogens is 370 g/mol. The summed E-state index contributed by atoms with van der Waals surface area (Å²) in [5.74, 6) is 1.85. The summed E-state index contributed by atoms with van der Waals surface area (Å²) in [5.41, 5.74) is 2.52. The lowest BCUT2D eigenvalue weighted by atomic mass is 10.1. The highest BCUT2D eigenvalue weighted by Crippen LogP contribution is 2.35. The average molecular weight is 386 g/mol. The largest absolute Gasteiger partial charge is 0.486 e. The van der Waals surface area contributed by atoms with Crippen molar-refractivity contribution >= 4 is 40.0 Å². The molecule has 132 valence electrons. The summed E-state index contributed by atoms with van der Waals surface area (Å²) in [6.07, 6.45) is 0. The van der Waals surface area contributed by atoms with Crippen LogP contribution < -0.4 is 9.47 Å². The summed E-state index contributed by atoms with van der Waals surface area (Å²) >= 11 is 7.31. The molecule has 0 spiro atoms. The molecule has 6 heteroatoms. The van der Waals surface area contributed by atoms with Gasteiger partial charge in [-0.05, 0) is 48.9 Å². The third-order valence-corrected chi connectivity index (χ3v) is 5.47. The van der Waals surface area contributed by atoms with Crippen molar-refractivity contribution in [2.45, 2.75) is 11.9 Å². The highest BCUT2D eigenvalue weighted by molar-refractivity contribution is 8.00. The maximum atomic E-state index is 12.4. The monoisotopic (exact) mass is 385 g/mol. The number of rotatable bonds is 4. The first-order chi connectivity index (χ1) is 12.6. The van der Waals surface area contributed by atoms with Crippen LogP contribution in [0.2, 0.25) is 5.02 Å². The maximum Gasteiger partial charge on any atom is 0.173 e. The number of hydrogen-bond donors (Lipinski definition) is 0. The zero-order valence-corrected chi connectivity index (χ0v) is 15.7. The van der Waals surface area contributed by atoms with E-state index in [2.05, 4.69) is 6.07 Å². The molecule has 2 heterocycles. The number of carbonyl (C=O) groups is 1. The Balaban J connectivity index is 1.57. The van der Waals surface area contributed by atoms with Crippen LogP contribution in [0.4, 0.5) is 0 Å². The molecule has 0 N–H and O–H groups in total. The maximum absolute atomic E-state index is 12.4. The van der Waals surface area contributed by atoms with Crippen molar-refractivity contribution in [3.05, 3.63) is 58.6 Å². The van der Waals surface area contributed by atoms with Gasteiger partial charge in [-0.2, -0.15) is 0 Å². The molecule has 0 saturated heterocycles. The van der Waals surface area contributed by atoms with E-state index in [-0.39, 0.29) is 5.78 Å². The van der Waals surface area contributed by atoms with Crippen molar-refractivity contribution < 1.29 is 14.3 Å². The fourth-order valence-corrected chi connectivity index (χ4v) is 3.81. The van der Waals surface area contributed by atoms with Crippen LogP contribution in [0.25, 0.3) is 10.9 Å². The van der Waals surface area contributed by atoms with Crippen molar-refractivity contribution in [2.24, 2.45) is 0 Å². The Morgan fingerprint density at radius 1 is 1.12 bits per heavy atom. The summed E-state index contributed by atoms with van der Waals surface area (Å²) in [6.45, 7) is 3.10. The fourth-order valence-electron chi connectivity index (χ4n) is 2.80. The third-order valence-electron chi connectivity index (χ3n) is 4.13. The second-order valence-corrected chi connectivity index (χ2v) is 7.42. The molecule has 1 aliphatic rings. The molecule has 1 aliphatic heterocycles. The summed E-state index contributed by atoms with van der Waals surface area (Å²) < 4.78 is 11.3. The third kappa shape index (κ3) is 3.50. The quantitative estimate of drug-likeness (QED) is 0.470. The lowest BCUT2D eigenvalue weighted by molar-refractivity contribution is 0.102. The standard InChI is InChI=1S/C20H16ClNO3S/c1-12-8-14-9-18-19(25-7-6-24-18)10-16(14)22-20(12)26-11-17(23)13-2-4-15(21)5-3-13/h2-5,8-10H,6-7,11H2,1H3. The smallest absolute Gasteiger partial charge is 0.173 e. The molecule has 1 aromatic heterocycles. The van der Waals surface area contributed by atoms with Gasteiger partial charge in [-0.3, -0.25) is 4.79 Å². The van der Waals surface area contributed by atoms with Gasteiger partial charge < -0.3 is 9.47 Å². The number of Topliss-reactive ketones (excluding diaryl/α,β-unsaturated/α-hetero) is 1. The molecule has 0 saturated carbocycles. The minimum atomic E-state index is 0.0511. The Hall–Kier alpha value is -2.24. The molecule has 26 heavy (non-hydrogen) atoms. The number of halogens is 1. The molecule has 4 nitrogen and oxygen atoms in total. The lowest BCUT2D eigenvalue weighted by Gasteiger charge is -2.19. The molecule has 0 fully saturated rings. The zero-order valence-electron chi connectivity index (χ0n) is 14.1. The second kappa shape index (κ2) is 7.17. The Labute approximate surface area is 160 Å². The Kier molecular flexibility index (Phi) is 4.74. The number of benzene rings is 2. The first kappa shape index (κ1) is 17.2. The molecule has 0 aliphatic carbocycles. The Bertz CT molecular complexity index is 989. The van der Waals surface area contributed by atoms with Crippen LogP contribution >= 0.6 is 23.4 Å². The summed E-state index contributed by atoms with van der Waals surface area (Å²) in [6, 6.07) is 12.9.